The lowest BCUT2D eigenvalue weighted by Crippen LogP contribution is -2.04. The highest BCUT2D eigenvalue weighted by atomic mass is 79.9. The summed E-state index contributed by atoms with van der Waals surface area (Å²) >= 11 is 11.3. The molecule has 0 atom stereocenters. The largest absolute Gasteiger partial charge is 0.488 e. The number of anilines is 1. The molecule has 1 heterocycles. The van der Waals surface area contributed by atoms with Gasteiger partial charge in [0.2, 0.25) is 0 Å². The number of hydrogen-bond donors (Lipinski definition) is 1. The van der Waals surface area contributed by atoms with E-state index in [1.54, 1.807) is 17.5 Å². The van der Waals surface area contributed by atoms with Crippen LogP contribution >= 0.6 is 38.9 Å². The first-order valence-corrected chi connectivity index (χ1v) is 9.05. The maximum absolute atomic E-state index is 6.18. The monoisotopic (exact) mass is 408 g/mol. The van der Waals surface area contributed by atoms with Crippen molar-refractivity contribution in [3.8, 4) is 5.75 Å². The molecule has 3 rings (SSSR count). The number of halogens is 2. The van der Waals surface area contributed by atoms with Gasteiger partial charge in [-0.15, -0.1) is 11.3 Å². The molecule has 1 aromatic heterocycles. The molecule has 0 fully saturated rings. The van der Waals surface area contributed by atoms with Crippen molar-refractivity contribution in [2.24, 2.45) is 0 Å². The first kappa shape index (κ1) is 16.3. The van der Waals surface area contributed by atoms with Gasteiger partial charge < -0.3 is 10.1 Å². The first-order chi connectivity index (χ1) is 11.2. The minimum Gasteiger partial charge on any atom is -0.488 e. The minimum absolute atomic E-state index is 0.436. The van der Waals surface area contributed by atoms with Crippen LogP contribution in [0.4, 0.5) is 5.13 Å². The summed E-state index contributed by atoms with van der Waals surface area (Å²) < 4.78 is 6.98. The summed E-state index contributed by atoms with van der Waals surface area (Å²) in [5.41, 5.74) is 2.03. The van der Waals surface area contributed by atoms with E-state index >= 15 is 0 Å². The Morgan fingerprint density at radius 2 is 2.04 bits per heavy atom. The van der Waals surface area contributed by atoms with E-state index in [0.717, 1.165) is 26.5 Å². The van der Waals surface area contributed by atoms with Gasteiger partial charge in [-0.05, 0) is 24.3 Å². The summed E-state index contributed by atoms with van der Waals surface area (Å²) in [5, 5.41) is 6.85. The second kappa shape index (κ2) is 7.81. The number of ether oxygens (including phenoxy) is 1. The zero-order valence-corrected chi connectivity index (χ0v) is 15.3. The van der Waals surface area contributed by atoms with Crippen molar-refractivity contribution in [2.75, 3.05) is 5.32 Å². The molecular formula is C17H14BrClN2OS. The zero-order chi connectivity index (χ0) is 16.1. The number of benzene rings is 2. The van der Waals surface area contributed by atoms with Crippen molar-refractivity contribution >= 4 is 44.0 Å². The third-order valence-electron chi connectivity index (χ3n) is 3.23. The fraction of sp³-hybridized carbons (Fsp3) is 0.118. The standard InChI is InChI=1S/C17H14BrClN2OS/c18-14-5-6-16(22-11-12-3-1-2-4-15(12)19)13(9-14)10-21-17-20-7-8-23-17/h1-9H,10-11H2,(H,20,21). The third kappa shape index (κ3) is 4.47. The highest BCUT2D eigenvalue weighted by Gasteiger charge is 2.07. The molecule has 0 saturated heterocycles. The van der Waals surface area contributed by atoms with E-state index in [2.05, 4.69) is 26.2 Å². The van der Waals surface area contributed by atoms with Crippen molar-refractivity contribution in [1.29, 1.82) is 0 Å². The molecule has 0 amide bonds. The molecule has 23 heavy (non-hydrogen) atoms. The number of hydrogen-bond acceptors (Lipinski definition) is 4. The Bertz CT molecular complexity index is 780. The van der Waals surface area contributed by atoms with Gasteiger partial charge in [0, 0.05) is 38.7 Å². The highest BCUT2D eigenvalue weighted by molar-refractivity contribution is 9.10. The lowest BCUT2D eigenvalue weighted by atomic mass is 10.2. The van der Waals surface area contributed by atoms with Crippen LogP contribution in [0, 0.1) is 0 Å². The summed E-state index contributed by atoms with van der Waals surface area (Å²) in [6.07, 6.45) is 1.78. The van der Waals surface area contributed by atoms with Crippen LogP contribution in [0.2, 0.25) is 5.02 Å². The zero-order valence-electron chi connectivity index (χ0n) is 12.1. The molecule has 0 bridgehead atoms. The fourth-order valence-corrected chi connectivity index (χ4v) is 3.21. The van der Waals surface area contributed by atoms with Crippen molar-refractivity contribution < 1.29 is 4.74 Å². The Kier molecular flexibility index (Phi) is 5.54. The fourth-order valence-electron chi connectivity index (χ4n) is 2.08. The minimum atomic E-state index is 0.436. The van der Waals surface area contributed by atoms with Gasteiger partial charge in [-0.25, -0.2) is 4.98 Å². The van der Waals surface area contributed by atoms with Crippen molar-refractivity contribution in [3.05, 3.63) is 74.7 Å². The Morgan fingerprint density at radius 3 is 2.83 bits per heavy atom. The lowest BCUT2D eigenvalue weighted by molar-refractivity contribution is 0.303. The van der Waals surface area contributed by atoms with Gasteiger partial charge in [-0.2, -0.15) is 0 Å². The van der Waals surface area contributed by atoms with Gasteiger partial charge in [0.1, 0.15) is 12.4 Å². The average Bonchev–Trinajstić information content (AvgIpc) is 3.07. The number of rotatable bonds is 6. The van der Waals surface area contributed by atoms with Crippen LogP contribution in [-0.2, 0) is 13.2 Å². The van der Waals surface area contributed by atoms with Gasteiger partial charge in [0.15, 0.2) is 5.13 Å². The number of nitrogens with one attached hydrogen (secondary N) is 1. The number of thiazole rings is 1. The van der Waals surface area contributed by atoms with E-state index in [-0.39, 0.29) is 0 Å². The molecular weight excluding hydrogens is 396 g/mol. The molecule has 0 aliphatic carbocycles. The molecule has 0 aliphatic rings. The Hall–Kier alpha value is -1.56. The molecule has 3 nitrogen and oxygen atoms in total. The van der Waals surface area contributed by atoms with Crippen LogP contribution in [0.25, 0.3) is 0 Å². The van der Waals surface area contributed by atoms with Crippen LogP contribution in [-0.4, -0.2) is 4.98 Å². The topological polar surface area (TPSA) is 34.1 Å². The van der Waals surface area contributed by atoms with Crippen LogP contribution in [0.15, 0.2) is 58.5 Å². The first-order valence-electron chi connectivity index (χ1n) is 7.00. The van der Waals surface area contributed by atoms with E-state index in [0.29, 0.717) is 18.2 Å². The quantitative estimate of drug-likeness (QED) is 0.563. The smallest absolute Gasteiger partial charge is 0.182 e. The average molecular weight is 410 g/mol. The normalized spacial score (nSPS) is 10.5. The lowest BCUT2D eigenvalue weighted by Gasteiger charge is -2.13. The van der Waals surface area contributed by atoms with Gasteiger partial charge >= 0.3 is 0 Å². The molecule has 0 saturated carbocycles. The molecule has 2 aromatic carbocycles. The summed E-state index contributed by atoms with van der Waals surface area (Å²) in [6.45, 7) is 1.08. The van der Waals surface area contributed by atoms with E-state index in [1.807, 2.05) is 47.8 Å². The predicted molar refractivity (Wildman–Crippen MR) is 99.4 cm³/mol. The number of nitrogens with zero attached hydrogens (tertiary/aromatic N) is 1. The van der Waals surface area contributed by atoms with Gasteiger partial charge in [0.05, 0.1) is 0 Å². The predicted octanol–water partition coefficient (Wildman–Crippen LogP) is 5.75. The van der Waals surface area contributed by atoms with Crippen LogP contribution in [0.3, 0.4) is 0 Å². The second-order valence-corrected chi connectivity index (χ2v) is 7.04. The molecule has 6 heteroatoms. The van der Waals surface area contributed by atoms with E-state index in [4.69, 9.17) is 16.3 Å². The van der Waals surface area contributed by atoms with Crippen molar-refractivity contribution in [3.63, 3.8) is 0 Å². The summed E-state index contributed by atoms with van der Waals surface area (Å²) in [6, 6.07) is 13.7. The van der Waals surface area contributed by atoms with Gasteiger partial charge in [-0.1, -0.05) is 45.7 Å². The van der Waals surface area contributed by atoms with Crippen LogP contribution < -0.4 is 10.1 Å². The summed E-state index contributed by atoms with van der Waals surface area (Å²) in [4.78, 5) is 4.23. The maximum Gasteiger partial charge on any atom is 0.182 e. The number of aromatic nitrogens is 1. The van der Waals surface area contributed by atoms with E-state index in [9.17, 15) is 0 Å². The molecule has 1 N–H and O–H groups in total. The van der Waals surface area contributed by atoms with Gasteiger partial charge in [0.25, 0.3) is 0 Å². The van der Waals surface area contributed by atoms with Crippen LogP contribution in [0.1, 0.15) is 11.1 Å². The van der Waals surface area contributed by atoms with Crippen molar-refractivity contribution in [1.82, 2.24) is 4.98 Å². The summed E-state index contributed by atoms with van der Waals surface area (Å²) in [5.74, 6) is 0.831. The van der Waals surface area contributed by atoms with E-state index < -0.39 is 0 Å². The SMILES string of the molecule is Clc1ccccc1COc1ccc(Br)cc1CNc1nccs1. The molecule has 0 aliphatic heterocycles. The van der Waals surface area contributed by atoms with Crippen LogP contribution in [0.5, 0.6) is 5.75 Å². The molecule has 3 aromatic rings. The summed E-state index contributed by atoms with van der Waals surface area (Å²) in [7, 11) is 0. The second-order valence-electron chi connectivity index (χ2n) is 4.82. The Morgan fingerprint density at radius 1 is 1.17 bits per heavy atom. The third-order valence-corrected chi connectivity index (χ3v) is 4.82. The Labute approximate surface area is 152 Å². The van der Waals surface area contributed by atoms with Gasteiger partial charge in [-0.3, -0.25) is 0 Å². The highest BCUT2D eigenvalue weighted by Crippen LogP contribution is 2.26. The maximum atomic E-state index is 6.18. The Balaban J connectivity index is 1.72. The molecule has 118 valence electrons. The van der Waals surface area contributed by atoms with Crippen molar-refractivity contribution in [2.45, 2.75) is 13.2 Å². The molecule has 0 radical (unpaired) electrons. The van der Waals surface area contributed by atoms with E-state index in [1.165, 1.54) is 0 Å². The molecule has 0 spiro atoms. The molecule has 0 unspecified atom stereocenters.